The maximum absolute atomic E-state index is 13.0. The molecule has 8 atom stereocenters. The van der Waals surface area contributed by atoms with Gasteiger partial charge in [-0.3, -0.25) is 9.35 Å². The van der Waals surface area contributed by atoms with Gasteiger partial charge in [0.05, 0.1) is 25.4 Å². The number of hydrogen-bond acceptors (Lipinski definition) is 11. The van der Waals surface area contributed by atoms with Crippen LogP contribution < -0.4 is 5.32 Å². The van der Waals surface area contributed by atoms with Crippen molar-refractivity contribution in [3.8, 4) is 0 Å². The quantitative estimate of drug-likeness (QED) is 0.0203. The molecule has 1 saturated heterocycles. The molecule has 0 spiro atoms. The minimum atomic E-state index is -5.11. The second-order valence-electron chi connectivity index (χ2n) is 15.4. The standard InChI is InChI=1S/C41H79NO12S/c1-3-5-7-9-11-13-14-15-16-17-18-19-20-21-22-24-26-28-30-35(45)40(48)42-33(34(44)29-27-25-23-12-10-8-6-4-2)32-52-41-38(47)39(54-55(49,50)51)37(46)36(31-43)53-41/h27,29,33-39,41,43-47H,3-26,28,30-32H2,1-2H3,(H,42,48)(H,49,50,51)/b29-27+. The molecular formula is C41H79NO12S. The van der Waals surface area contributed by atoms with Gasteiger partial charge in [-0.1, -0.05) is 174 Å². The van der Waals surface area contributed by atoms with Crippen LogP contribution in [0.4, 0.5) is 0 Å². The van der Waals surface area contributed by atoms with Gasteiger partial charge in [-0.15, -0.1) is 0 Å². The van der Waals surface area contributed by atoms with Crippen molar-refractivity contribution >= 4 is 16.3 Å². The summed E-state index contributed by atoms with van der Waals surface area (Å²) in [6.07, 6.45) is 21.9. The lowest BCUT2D eigenvalue weighted by atomic mass is 9.99. The number of aliphatic hydroxyl groups is 5. The number of unbranched alkanes of at least 4 members (excludes halogenated alkanes) is 23. The Kier molecular flexibility index (Phi) is 30.8. The highest BCUT2D eigenvalue weighted by molar-refractivity contribution is 7.80. The highest BCUT2D eigenvalue weighted by atomic mass is 32.3. The Bertz CT molecular complexity index is 1060. The van der Waals surface area contributed by atoms with Gasteiger partial charge in [0.15, 0.2) is 6.29 Å². The monoisotopic (exact) mass is 810 g/mol. The lowest BCUT2D eigenvalue weighted by Gasteiger charge is -2.41. The molecule has 0 radical (unpaired) electrons. The summed E-state index contributed by atoms with van der Waals surface area (Å²) in [5.41, 5.74) is 0. The number of nitrogens with one attached hydrogen (secondary N) is 1. The molecule has 1 fully saturated rings. The van der Waals surface area contributed by atoms with Gasteiger partial charge in [-0.2, -0.15) is 8.42 Å². The lowest BCUT2D eigenvalue weighted by molar-refractivity contribution is -0.298. The summed E-state index contributed by atoms with van der Waals surface area (Å²) in [5, 5.41) is 54.9. The number of rotatable bonds is 36. The van der Waals surface area contributed by atoms with E-state index in [1.807, 2.05) is 0 Å². The maximum atomic E-state index is 13.0. The summed E-state index contributed by atoms with van der Waals surface area (Å²) < 4.78 is 47.3. The highest BCUT2D eigenvalue weighted by Gasteiger charge is 2.48. The van der Waals surface area contributed by atoms with Gasteiger partial charge >= 0.3 is 10.4 Å². The zero-order valence-corrected chi connectivity index (χ0v) is 34.9. The Balaban J connectivity index is 2.52. The Hall–Kier alpha value is -1.20. The van der Waals surface area contributed by atoms with Gasteiger partial charge in [-0.25, -0.2) is 4.18 Å². The average Bonchev–Trinajstić information content (AvgIpc) is 3.15. The first-order valence-corrected chi connectivity index (χ1v) is 23.0. The number of ether oxygens (including phenoxy) is 2. The zero-order chi connectivity index (χ0) is 40.7. The molecule has 7 N–H and O–H groups in total. The van der Waals surface area contributed by atoms with Crippen LogP contribution >= 0.6 is 0 Å². The number of allylic oxidation sites excluding steroid dienone is 1. The van der Waals surface area contributed by atoms with Crippen LogP contribution in [-0.2, 0) is 28.9 Å². The van der Waals surface area contributed by atoms with Gasteiger partial charge in [0.2, 0.25) is 5.91 Å². The molecule has 1 aliphatic rings. The average molecular weight is 810 g/mol. The van der Waals surface area contributed by atoms with Gasteiger partial charge in [0, 0.05) is 0 Å². The van der Waals surface area contributed by atoms with E-state index in [1.54, 1.807) is 6.08 Å². The molecule has 0 bridgehead atoms. The van der Waals surface area contributed by atoms with Crippen LogP contribution in [0, 0.1) is 0 Å². The summed E-state index contributed by atoms with van der Waals surface area (Å²) in [4.78, 5) is 13.0. The summed E-state index contributed by atoms with van der Waals surface area (Å²) in [5.74, 6) is -0.703. The van der Waals surface area contributed by atoms with Gasteiger partial charge in [0.1, 0.15) is 30.5 Å². The minimum absolute atomic E-state index is 0.247. The normalized spacial score (nSPS) is 22.2. The molecule has 0 aromatic carbocycles. The van der Waals surface area contributed by atoms with Crippen molar-refractivity contribution in [1.29, 1.82) is 0 Å². The molecule has 13 nitrogen and oxygen atoms in total. The first kappa shape index (κ1) is 51.8. The Labute approximate surface area is 333 Å². The summed E-state index contributed by atoms with van der Waals surface area (Å²) >= 11 is 0. The van der Waals surface area contributed by atoms with E-state index in [0.717, 1.165) is 44.9 Å². The summed E-state index contributed by atoms with van der Waals surface area (Å²) in [6, 6.07) is -1.11. The van der Waals surface area contributed by atoms with Crippen LogP contribution in [0.3, 0.4) is 0 Å². The summed E-state index contributed by atoms with van der Waals surface area (Å²) in [7, 11) is -5.11. The molecule has 0 aromatic rings. The number of carbonyl (C=O) groups excluding carboxylic acids is 1. The Morgan fingerprint density at radius 2 is 1.18 bits per heavy atom. The molecule has 1 aliphatic heterocycles. The van der Waals surface area contributed by atoms with Crippen molar-refractivity contribution in [2.45, 2.75) is 230 Å². The molecule has 0 saturated carbocycles. The van der Waals surface area contributed by atoms with Crippen molar-refractivity contribution < 1.29 is 57.0 Å². The summed E-state index contributed by atoms with van der Waals surface area (Å²) in [6.45, 7) is 3.15. The third kappa shape index (κ3) is 25.7. The van der Waals surface area contributed by atoms with E-state index < -0.39 is 78.5 Å². The molecule has 326 valence electrons. The van der Waals surface area contributed by atoms with Crippen LogP contribution in [0.1, 0.15) is 181 Å². The minimum Gasteiger partial charge on any atom is -0.394 e. The molecule has 55 heavy (non-hydrogen) atoms. The zero-order valence-electron chi connectivity index (χ0n) is 34.1. The number of aliphatic hydroxyl groups excluding tert-OH is 5. The number of hydrogen-bond donors (Lipinski definition) is 7. The second kappa shape index (κ2) is 32.7. The Morgan fingerprint density at radius 1 is 0.727 bits per heavy atom. The van der Waals surface area contributed by atoms with E-state index in [2.05, 4.69) is 23.3 Å². The first-order valence-electron chi connectivity index (χ1n) is 21.7. The van der Waals surface area contributed by atoms with Crippen molar-refractivity contribution in [2.75, 3.05) is 13.2 Å². The first-order chi connectivity index (χ1) is 26.4. The van der Waals surface area contributed by atoms with E-state index in [1.165, 1.54) is 109 Å². The predicted octanol–water partition coefficient (Wildman–Crippen LogP) is 6.58. The van der Waals surface area contributed by atoms with Gasteiger partial charge in [-0.05, 0) is 19.3 Å². The molecule has 8 unspecified atom stereocenters. The third-order valence-electron chi connectivity index (χ3n) is 10.4. The largest absolute Gasteiger partial charge is 0.397 e. The molecule has 1 heterocycles. The van der Waals surface area contributed by atoms with Crippen molar-refractivity contribution in [2.24, 2.45) is 0 Å². The predicted molar refractivity (Wildman–Crippen MR) is 215 cm³/mol. The van der Waals surface area contributed by atoms with Crippen molar-refractivity contribution in [3.63, 3.8) is 0 Å². The van der Waals surface area contributed by atoms with Crippen molar-refractivity contribution in [1.82, 2.24) is 5.32 Å². The van der Waals surface area contributed by atoms with E-state index >= 15 is 0 Å². The topological polar surface area (TPSA) is 212 Å². The lowest BCUT2D eigenvalue weighted by Crippen LogP contribution is -2.61. The van der Waals surface area contributed by atoms with Crippen LogP contribution in [0.15, 0.2) is 12.2 Å². The van der Waals surface area contributed by atoms with Crippen molar-refractivity contribution in [3.05, 3.63) is 12.2 Å². The molecular weight excluding hydrogens is 731 g/mol. The molecule has 14 heteroatoms. The van der Waals surface area contributed by atoms with Gasteiger partial charge in [0.25, 0.3) is 0 Å². The second-order valence-corrected chi connectivity index (χ2v) is 16.5. The van der Waals surface area contributed by atoms with Gasteiger partial charge < -0.3 is 40.3 Å². The fraction of sp³-hybridized carbons (Fsp3) is 0.927. The molecule has 1 rings (SSSR count). The Morgan fingerprint density at radius 3 is 1.64 bits per heavy atom. The highest BCUT2D eigenvalue weighted by Crippen LogP contribution is 2.26. The maximum Gasteiger partial charge on any atom is 0.397 e. The van der Waals surface area contributed by atoms with E-state index in [4.69, 9.17) is 14.0 Å². The fourth-order valence-corrected chi connectivity index (χ4v) is 7.44. The SMILES string of the molecule is CCCCCCCC/C=C/C(O)C(COC1OC(CO)C(O)C(OS(=O)(=O)O)C1O)NC(=O)C(O)CCCCCCCCCCCCCCCCCCCC. The van der Waals surface area contributed by atoms with E-state index in [0.29, 0.717) is 12.8 Å². The van der Waals surface area contributed by atoms with Crippen LogP contribution in [0.2, 0.25) is 0 Å². The van der Waals surface area contributed by atoms with E-state index in [-0.39, 0.29) is 6.42 Å². The third-order valence-corrected chi connectivity index (χ3v) is 10.9. The molecule has 0 aliphatic carbocycles. The number of amides is 1. The van der Waals surface area contributed by atoms with Crippen LogP contribution in [0.5, 0.6) is 0 Å². The smallest absolute Gasteiger partial charge is 0.394 e. The molecule has 1 amide bonds. The molecule has 0 aromatic heterocycles. The number of carbonyl (C=O) groups is 1. The van der Waals surface area contributed by atoms with Crippen LogP contribution in [-0.4, -0.2) is 107 Å². The fourth-order valence-electron chi connectivity index (χ4n) is 6.93. The van der Waals surface area contributed by atoms with E-state index in [9.17, 15) is 38.7 Å². The van der Waals surface area contributed by atoms with Crippen LogP contribution in [0.25, 0.3) is 0 Å².